The van der Waals surface area contributed by atoms with Gasteiger partial charge in [-0.3, -0.25) is 0 Å². The highest BCUT2D eigenvalue weighted by Crippen LogP contribution is 2.33. The molecule has 22 heavy (non-hydrogen) atoms. The third-order valence-electron chi connectivity index (χ3n) is 4.24. The molecule has 0 aliphatic rings. The van der Waals surface area contributed by atoms with Crippen molar-refractivity contribution in [3.05, 3.63) is 66.1 Å². The van der Waals surface area contributed by atoms with Crippen molar-refractivity contribution in [1.29, 1.82) is 0 Å². The lowest BCUT2D eigenvalue weighted by Gasteiger charge is -2.11. The number of halogens is 1. The predicted molar refractivity (Wildman–Crippen MR) is 88.4 cm³/mol. The molecule has 4 aromatic rings. The van der Waals surface area contributed by atoms with Crippen molar-refractivity contribution in [3.63, 3.8) is 0 Å². The number of aryl methyl sites for hydroxylation is 1. The molecule has 0 saturated carbocycles. The minimum absolute atomic E-state index is 0.187. The van der Waals surface area contributed by atoms with E-state index in [1.807, 2.05) is 43.6 Å². The van der Waals surface area contributed by atoms with Gasteiger partial charge in [0, 0.05) is 40.7 Å². The summed E-state index contributed by atoms with van der Waals surface area (Å²) in [6.45, 7) is 1.80. The highest BCUT2D eigenvalue weighted by atomic mass is 19.1. The molecule has 108 valence electrons. The molecule has 0 aliphatic carbocycles. The predicted octanol–water partition coefficient (Wildman–Crippen LogP) is 4.84. The molecule has 0 amide bonds. The van der Waals surface area contributed by atoms with Crippen molar-refractivity contribution < 1.29 is 4.39 Å². The van der Waals surface area contributed by atoms with Crippen molar-refractivity contribution in [2.45, 2.75) is 6.92 Å². The van der Waals surface area contributed by atoms with Gasteiger partial charge in [-0.2, -0.15) is 0 Å². The lowest BCUT2D eigenvalue weighted by atomic mass is 10.0. The number of aromatic nitrogens is 2. The number of nitrogens with zero attached hydrogens (tertiary/aromatic N) is 2. The fourth-order valence-corrected chi connectivity index (χ4v) is 3.04. The SMILES string of the molecule is Cc1c(-c2cccc3c2ccn3C)nc2ccccc2c1F. The van der Waals surface area contributed by atoms with Crippen molar-refractivity contribution in [3.8, 4) is 11.3 Å². The van der Waals surface area contributed by atoms with Crippen LogP contribution in [0.15, 0.2) is 54.7 Å². The van der Waals surface area contributed by atoms with E-state index in [9.17, 15) is 4.39 Å². The molecule has 0 spiro atoms. The van der Waals surface area contributed by atoms with Crippen LogP contribution in [0.5, 0.6) is 0 Å². The Morgan fingerprint density at radius 3 is 2.64 bits per heavy atom. The van der Waals surface area contributed by atoms with E-state index in [-0.39, 0.29) is 5.82 Å². The number of rotatable bonds is 1. The summed E-state index contributed by atoms with van der Waals surface area (Å²) in [7, 11) is 2.01. The molecule has 0 unspecified atom stereocenters. The fourth-order valence-electron chi connectivity index (χ4n) is 3.04. The Balaban J connectivity index is 2.10. The molecule has 2 heterocycles. The molecule has 0 bridgehead atoms. The minimum Gasteiger partial charge on any atom is -0.351 e. The second-order valence-corrected chi connectivity index (χ2v) is 5.58. The summed E-state index contributed by atoms with van der Waals surface area (Å²) < 4.78 is 16.8. The largest absolute Gasteiger partial charge is 0.351 e. The van der Waals surface area contributed by atoms with Crippen molar-refractivity contribution >= 4 is 21.8 Å². The number of para-hydroxylation sites is 1. The fraction of sp³-hybridized carbons (Fsp3) is 0.105. The first-order valence-electron chi connectivity index (χ1n) is 7.26. The van der Waals surface area contributed by atoms with E-state index in [0.717, 1.165) is 16.5 Å². The Hall–Kier alpha value is -2.68. The van der Waals surface area contributed by atoms with Gasteiger partial charge in [-0.1, -0.05) is 24.3 Å². The van der Waals surface area contributed by atoms with Crippen molar-refractivity contribution in [2.75, 3.05) is 0 Å². The molecular formula is C19H15FN2. The van der Waals surface area contributed by atoms with Crippen LogP contribution in [0.3, 0.4) is 0 Å². The number of hydrogen-bond donors (Lipinski definition) is 0. The molecule has 0 atom stereocenters. The van der Waals surface area contributed by atoms with Crippen LogP contribution in [-0.4, -0.2) is 9.55 Å². The third-order valence-corrected chi connectivity index (χ3v) is 4.24. The molecule has 4 rings (SSSR count). The highest BCUT2D eigenvalue weighted by molar-refractivity contribution is 5.96. The van der Waals surface area contributed by atoms with E-state index in [1.54, 1.807) is 13.0 Å². The Kier molecular flexibility index (Phi) is 2.76. The molecule has 2 aromatic carbocycles. The molecule has 0 radical (unpaired) electrons. The van der Waals surface area contributed by atoms with Crippen LogP contribution in [0.2, 0.25) is 0 Å². The summed E-state index contributed by atoms with van der Waals surface area (Å²) in [5.74, 6) is -0.187. The van der Waals surface area contributed by atoms with Gasteiger partial charge in [-0.05, 0) is 31.2 Å². The molecule has 2 nitrogen and oxygen atoms in total. The summed E-state index contributed by atoms with van der Waals surface area (Å²) in [5, 5.41) is 1.67. The Labute approximate surface area is 127 Å². The average molecular weight is 290 g/mol. The smallest absolute Gasteiger partial charge is 0.137 e. The molecule has 3 heteroatoms. The second-order valence-electron chi connectivity index (χ2n) is 5.58. The maximum absolute atomic E-state index is 14.7. The zero-order valence-corrected chi connectivity index (χ0v) is 12.5. The number of fused-ring (bicyclic) bond motifs is 2. The van der Waals surface area contributed by atoms with Crippen LogP contribution in [0.1, 0.15) is 5.56 Å². The van der Waals surface area contributed by atoms with E-state index in [2.05, 4.69) is 16.7 Å². The van der Waals surface area contributed by atoms with Gasteiger partial charge in [0.2, 0.25) is 0 Å². The van der Waals surface area contributed by atoms with Gasteiger partial charge in [-0.15, -0.1) is 0 Å². The first kappa shape index (κ1) is 13.0. The van der Waals surface area contributed by atoms with Gasteiger partial charge in [-0.25, -0.2) is 9.37 Å². The van der Waals surface area contributed by atoms with Crippen LogP contribution < -0.4 is 0 Å². The molecular weight excluding hydrogens is 275 g/mol. The minimum atomic E-state index is -0.187. The first-order chi connectivity index (χ1) is 10.7. The Morgan fingerprint density at radius 2 is 1.77 bits per heavy atom. The van der Waals surface area contributed by atoms with Gasteiger partial charge >= 0.3 is 0 Å². The van der Waals surface area contributed by atoms with Gasteiger partial charge < -0.3 is 4.57 Å². The monoisotopic (exact) mass is 290 g/mol. The lowest BCUT2D eigenvalue weighted by molar-refractivity contribution is 0.630. The van der Waals surface area contributed by atoms with Crippen LogP contribution in [0.4, 0.5) is 4.39 Å². The van der Waals surface area contributed by atoms with E-state index in [4.69, 9.17) is 4.98 Å². The van der Waals surface area contributed by atoms with Crippen molar-refractivity contribution in [1.82, 2.24) is 9.55 Å². The van der Waals surface area contributed by atoms with E-state index < -0.39 is 0 Å². The third kappa shape index (κ3) is 1.75. The maximum atomic E-state index is 14.7. The van der Waals surface area contributed by atoms with Gasteiger partial charge in [0.05, 0.1) is 11.2 Å². The van der Waals surface area contributed by atoms with E-state index in [1.165, 1.54) is 0 Å². The van der Waals surface area contributed by atoms with Crippen LogP contribution in [0, 0.1) is 12.7 Å². The van der Waals surface area contributed by atoms with Crippen LogP contribution >= 0.6 is 0 Å². The first-order valence-corrected chi connectivity index (χ1v) is 7.26. The van der Waals surface area contributed by atoms with Gasteiger partial charge in [0.25, 0.3) is 0 Å². The summed E-state index contributed by atoms with van der Waals surface area (Å²) >= 11 is 0. The Morgan fingerprint density at radius 1 is 0.955 bits per heavy atom. The average Bonchev–Trinajstić information content (AvgIpc) is 2.93. The van der Waals surface area contributed by atoms with Crippen LogP contribution in [0.25, 0.3) is 33.1 Å². The molecule has 0 aliphatic heterocycles. The second kappa shape index (κ2) is 4.67. The van der Waals surface area contributed by atoms with Gasteiger partial charge in [0.1, 0.15) is 5.82 Å². The number of benzene rings is 2. The van der Waals surface area contributed by atoms with E-state index >= 15 is 0 Å². The normalized spacial score (nSPS) is 11.4. The summed E-state index contributed by atoms with van der Waals surface area (Å²) in [6.07, 6.45) is 2.01. The summed E-state index contributed by atoms with van der Waals surface area (Å²) in [6, 6.07) is 15.5. The zero-order chi connectivity index (χ0) is 15.3. The number of hydrogen-bond acceptors (Lipinski definition) is 1. The molecule has 0 fully saturated rings. The molecule has 2 aromatic heterocycles. The quantitative estimate of drug-likeness (QED) is 0.490. The zero-order valence-electron chi connectivity index (χ0n) is 12.5. The highest BCUT2D eigenvalue weighted by Gasteiger charge is 2.15. The van der Waals surface area contributed by atoms with Crippen LogP contribution in [-0.2, 0) is 7.05 Å². The topological polar surface area (TPSA) is 17.8 Å². The maximum Gasteiger partial charge on any atom is 0.137 e. The molecule has 0 saturated heterocycles. The molecule has 0 N–H and O–H groups in total. The number of pyridine rings is 1. The summed E-state index contributed by atoms with van der Waals surface area (Å²) in [4.78, 5) is 4.72. The Bertz CT molecular complexity index is 1010. The lowest BCUT2D eigenvalue weighted by Crippen LogP contribution is -1.96. The van der Waals surface area contributed by atoms with E-state index in [0.29, 0.717) is 22.2 Å². The summed E-state index contributed by atoms with van der Waals surface area (Å²) in [5.41, 5.74) is 4.09. The van der Waals surface area contributed by atoms with Gasteiger partial charge in [0.15, 0.2) is 0 Å². The standard InChI is InChI=1S/C19H15FN2/c1-12-18(20)15-6-3-4-8-16(15)21-19(12)14-7-5-9-17-13(14)10-11-22(17)2/h3-11H,1-2H3. The van der Waals surface area contributed by atoms with Crippen molar-refractivity contribution in [2.24, 2.45) is 7.05 Å².